The Labute approximate surface area is 147 Å². The predicted molar refractivity (Wildman–Crippen MR) is 97.2 cm³/mol. The van der Waals surface area contributed by atoms with Crippen molar-refractivity contribution in [2.45, 2.75) is 19.8 Å². The highest BCUT2D eigenvalue weighted by Gasteiger charge is 2.14. The molecule has 132 valence electrons. The fraction of sp³-hybridized carbons (Fsp3) is 0.316. The van der Waals surface area contributed by atoms with Gasteiger partial charge in [-0.2, -0.15) is 0 Å². The molecule has 0 spiro atoms. The van der Waals surface area contributed by atoms with Gasteiger partial charge in [-0.15, -0.1) is 0 Å². The number of unbranched alkanes of at least 4 members (excludes halogenated alkanes) is 1. The van der Waals surface area contributed by atoms with Crippen LogP contribution >= 0.6 is 0 Å². The third kappa shape index (κ3) is 4.79. The number of nitrogens with zero attached hydrogens (tertiary/aromatic N) is 2. The zero-order chi connectivity index (χ0) is 18.2. The standard InChI is InChI=1S/C19H23N3O3/c1-4-5-10-22(2)18(23)14-11-15(13-20-12-14)21-17-9-7-6-8-16(17)19(24)25-3/h6-9,11-13,21H,4-5,10H2,1-3H3. The molecule has 0 saturated carbocycles. The number of hydrogen-bond acceptors (Lipinski definition) is 5. The number of carbonyl (C=O) groups excluding carboxylic acids is 2. The minimum atomic E-state index is -0.428. The van der Waals surface area contributed by atoms with E-state index < -0.39 is 5.97 Å². The SMILES string of the molecule is CCCCN(C)C(=O)c1cncc(Nc2ccccc2C(=O)OC)c1. The molecule has 0 aliphatic carbocycles. The Morgan fingerprint density at radius 1 is 1.24 bits per heavy atom. The minimum Gasteiger partial charge on any atom is -0.465 e. The number of rotatable bonds is 7. The van der Waals surface area contributed by atoms with Gasteiger partial charge < -0.3 is 15.0 Å². The number of nitrogens with one attached hydrogen (secondary N) is 1. The summed E-state index contributed by atoms with van der Waals surface area (Å²) in [5.74, 6) is -0.506. The van der Waals surface area contributed by atoms with E-state index in [1.807, 2.05) is 6.07 Å². The van der Waals surface area contributed by atoms with Crippen molar-refractivity contribution in [3.8, 4) is 0 Å². The van der Waals surface area contributed by atoms with E-state index in [0.717, 1.165) is 12.8 Å². The van der Waals surface area contributed by atoms with E-state index in [-0.39, 0.29) is 5.91 Å². The van der Waals surface area contributed by atoms with Gasteiger partial charge in [-0.05, 0) is 24.6 Å². The Morgan fingerprint density at radius 3 is 2.72 bits per heavy atom. The van der Waals surface area contributed by atoms with Crippen LogP contribution in [-0.4, -0.2) is 42.5 Å². The first kappa shape index (κ1) is 18.4. The Morgan fingerprint density at radius 2 is 2.00 bits per heavy atom. The second-order valence-corrected chi connectivity index (χ2v) is 5.70. The average molecular weight is 341 g/mol. The molecule has 25 heavy (non-hydrogen) atoms. The van der Waals surface area contributed by atoms with Crippen molar-refractivity contribution < 1.29 is 14.3 Å². The summed E-state index contributed by atoms with van der Waals surface area (Å²) in [6.07, 6.45) is 5.14. The summed E-state index contributed by atoms with van der Waals surface area (Å²) in [4.78, 5) is 30.1. The molecule has 1 aromatic carbocycles. The van der Waals surface area contributed by atoms with Gasteiger partial charge in [0.05, 0.1) is 35.8 Å². The van der Waals surface area contributed by atoms with Crippen molar-refractivity contribution in [2.24, 2.45) is 0 Å². The van der Waals surface area contributed by atoms with Crippen molar-refractivity contribution in [3.05, 3.63) is 53.9 Å². The van der Waals surface area contributed by atoms with Crippen molar-refractivity contribution >= 4 is 23.3 Å². The molecule has 1 amide bonds. The molecular formula is C19H23N3O3. The Bertz CT molecular complexity index is 746. The minimum absolute atomic E-state index is 0.0779. The van der Waals surface area contributed by atoms with Gasteiger partial charge in [-0.1, -0.05) is 25.5 Å². The topological polar surface area (TPSA) is 71.5 Å². The maximum Gasteiger partial charge on any atom is 0.339 e. The molecule has 0 bridgehead atoms. The van der Waals surface area contributed by atoms with Crippen LogP contribution in [0, 0.1) is 0 Å². The second kappa shape index (κ2) is 8.82. The van der Waals surface area contributed by atoms with Crippen LogP contribution in [0.4, 0.5) is 11.4 Å². The molecule has 1 aromatic heterocycles. The molecule has 0 aliphatic heterocycles. The van der Waals surface area contributed by atoms with Crippen LogP contribution in [0.3, 0.4) is 0 Å². The third-order valence-electron chi connectivity index (χ3n) is 3.79. The van der Waals surface area contributed by atoms with Gasteiger partial charge in [0.15, 0.2) is 0 Å². The molecule has 0 unspecified atom stereocenters. The van der Waals surface area contributed by atoms with Gasteiger partial charge in [0.25, 0.3) is 5.91 Å². The third-order valence-corrected chi connectivity index (χ3v) is 3.79. The van der Waals surface area contributed by atoms with Gasteiger partial charge in [0, 0.05) is 19.8 Å². The summed E-state index contributed by atoms with van der Waals surface area (Å²) < 4.78 is 4.79. The average Bonchev–Trinajstić information content (AvgIpc) is 2.65. The lowest BCUT2D eigenvalue weighted by molar-refractivity contribution is 0.0601. The van der Waals surface area contributed by atoms with Crippen molar-refractivity contribution in [3.63, 3.8) is 0 Å². The smallest absolute Gasteiger partial charge is 0.339 e. The number of amides is 1. The zero-order valence-electron chi connectivity index (χ0n) is 14.8. The van der Waals surface area contributed by atoms with Crippen LogP contribution in [0.25, 0.3) is 0 Å². The van der Waals surface area contributed by atoms with E-state index in [1.165, 1.54) is 7.11 Å². The number of esters is 1. The maximum absolute atomic E-state index is 12.5. The maximum atomic E-state index is 12.5. The molecule has 2 rings (SSSR count). The number of ether oxygens (including phenoxy) is 1. The van der Waals surface area contributed by atoms with E-state index in [4.69, 9.17) is 4.74 Å². The zero-order valence-corrected chi connectivity index (χ0v) is 14.8. The highest BCUT2D eigenvalue weighted by molar-refractivity contribution is 5.97. The Balaban J connectivity index is 2.20. The molecular weight excluding hydrogens is 318 g/mol. The lowest BCUT2D eigenvalue weighted by Crippen LogP contribution is -2.27. The number of para-hydroxylation sites is 1. The second-order valence-electron chi connectivity index (χ2n) is 5.70. The summed E-state index contributed by atoms with van der Waals surface area (Å²) in [7, 11) is 3.12. The van der Waals surface area contributed by atoms with Gasteiger partial charge in [0.1, 0.15) is 0 Å². The number of pyridine rings is 1. The van der Waals surface area contributed by atoms with Crippen molar-refractivity contribution in [1.82, 2.24) is 9.88 Å². The first-order chi connectivity index (χ1) is 12.1. The van der Waals surface area contributed by atoms with E-state index in [0.29, 0.717) is 29.0 Å². The quantitative estimate of drug-likeness (QED) is 0.781. The van der Waals surface area contributed by atoms with Gasteiger partial charge in [-0.3, -0.25) is 9.78 Å². The molecule has 1 heterocycles. The lowest BCUT2D eigenvalue weighted by Gasteiger charge is -2.17. The molecule has 0 saturated heterocycles. The molecule has 0 atom stereocenters. The van der Waals surface area contributed by atoms with Crippen LogP contribution in [0.15, 0.2) is 42.7 Å². The Hall–Kier alpha value is -2.89. The number of carbonyl (C=O) groups is 2. The monoisotopic (exact) mass is 341 g/mol. The number of benzene rings is 1. The Kier molecular flexibility index (Phi) is 6.51. The highest BCUT2D eigenvalue weighted by Crippen LogP contribution is 2.22. The van der Waals surface area contributed by atoms with Crippen molar-refractivity contribution in [2.75, 3.05) is 26.0 Å². The fourth-order valence-corrected chi connectivity index (χ4v) is 2.38. The summed E-state index contributed by atoms with van der Waals surface area (Å²) in [5, 5.41) is 3.13. The summed E-state index contributed by atoms with van der Waals surface area (Å²) >= 11 is 0. The van der Waals surface area contributed by atoms with E-state index in [2.05, 4.69) is 17.2 Å². The molecule has 0 aliphatic rings. The summed E-state index contributed by atoms with van der Waals surface area (Å²) in [6, 6.07) is 8.75. The van der Waals surface area contributed by atoms with Crippen LogP contribution in [0.5, 0.6) is 0 Å². The van der Waals surface area contributed by atoms with E-state index in [1.54, 1.807) is 48.6 Å². The largest absolute Gasteiger partial charge is 0.465 e. The van der Waals surface area contributed by atoms with Crippen LogP contribution < -0.4 is 5.32 Å². The number of anilines is 2. The van der Waals surface area contributed by atoms with Crippen LogP contribution in [0.2, 0.25) is 0 Å². The molecule has 2 aromatic rings. The first-order valence-electron chi connectivity index (χ1n) is 8.21. The summed E-state index contributed by atoms with van der Waals surface area (Å²) in [6.45, 7) is 2.79. The van der Waals surface area contributed by atoms with Gasteiger partial charge >= 0.3 is 5.97 Å². The number of methoxy groups -OCH3 is 1. The first-order valence-corrected chi connectivity index (χ1v) is 8.21. The lowest BCUT2D eigenvalue weighted by atomic mass is 10.1. The van der Waals surface area contributed by atoms with Gasteiger partial charge in [-0.25, -0.2) is 4.79 Å². The molecule has 6 heteroatoms. The molecule has 0 fully saturated rings. The van der Waals surface area contributed by atoms with Crippen molar-refractivity contribution in [1.29, 1.82) is 0 Å². The molecule has 0 radical (unpaired) electrons. The fourth-order valence-electron chi connectivity index (χ4n) is 2.38. The van der Waals surface area contributed by atoms with E-state index >= 15 is 0 Å². The van der Waals surface area contributed by atoms with E-state index in [9.17, 15) is 9.59 Å². The molecule has 1 N–H and O–H groups in total. The highest BCUT2D eigenvalue weighted by atomic mass is 16.5. The predicted octanol–water partition coefficient (Wildman–Crippen LogP) is 3.48. The normalized spacial score (nSPS) is 10.2. The van der Waals surface area contributed by atoms with Gasteiger partial charge in [0.2, 0.25) is 0 Å². The summed E-state index contributed by atoms with van der Waals surface area (Å²) in [5.41, 5.74) is 2.15. The van der Waals surface area contributed by atoms with Crippen LogP contribution in [0.1, 0.15) is 40.5 Å². The molecule has 6 nitrogen and oxygen atoms in total. The number of aromatic nitrogens is 1. The van der Waals surface area contributed by atoms with Crippen LogP contribution in [-0.2, 0) is 4.74 Å². The number of hydrogen-bond donors (Lipinski definition) is 1.